The van der Waals surface area contributed by atoms with Crippen LogP contribution in [0.5, 0.6) is 5.75 Å². The third-order valence-corrected chi connectivity index (χ3v) is 4.50. The molecule has 27 heavy (non-hydrogen) atoms. The van der Waals surface area contributed by atoms with Crippen LogP contribution in [0.2, 0.25) is 0 Å². The number of aryl methyl sites for hydroxylation is 1. The van der Waals surface area contributed by atoms with Crippen molar-refractivity contribution in [3.05, 3.63) is 75.1 Å². The minimum atomic E-state index is -4.35. The van der Waals surface area contributed by atoms with Gasteiger partial charge in [0.05, 0.1) is 12.6 Å². The first-order valence-corrected chi connectivity index (χ1v) is 8.38. The number of halogens is 3. The van der Waals surface area contributed by atoms with Gasteiger partial charge in [0.2, 0.25) is 0 Å². The summed E-state index contributed by atoms with van der Waals surface area (Å²) in [5.74, 6) is 0.0493. The van der Waals surface area contributed by atoms with Crippen LogP contribution in [0.25, 0.3) is 11.0 Å². The molecule has 0 amide bonds. The molecule has 1 heterocycles. The topological polar surface area (TPSA) is 54.9 Å². The first-order valence-electron chi connectivity index (χ1n) is 8.38. The molecular weight excluding hydrogens is 359 g/mol. The fraction of sp³-hybridized carbons (Fsp3) is 0.250. The van der Waals surface area contributed by atoms with Crippen molar-refractivity contribution >= 4 is 11.0 Å². The van der Waals surface area contributed by atoms with Gasteiger partial charge < -0.3 is 14.4 Å². The zero-order valence-electron chi connectivity index (χ0n) is 14.9. The quantitative estimate of drug-likeness (QED) is 0.687. The summed E-state index contributed by atoms with van der Waals surface area (Å²) in [6.07, 6.45) is -4.35. The fourth-order valence-corrected chi connectivity index (χ4v) is 3.11. The Bertz CT molecular complexity index is 1020. The second-order valence-corrected chi connectivity index (χ2v) is 6.68. The summed E-state index contributed by atoms with van der Waals surface area (Å²) in [5, 5.41) is 10.5. The van der Waals surface area contributed by atoms with Crippen molar-refractivity contribution in [1.82, 2.24) is 0 Å². The van der Waals surface area contributed by atoms with Gasteiger partial charge in [0, 0.05) is 28.1 Å². The van der Waals surface area contributed by atoms with E-state index in [9.17, 15) is 23.1 Å². The Hall–Kier alpha value is -2.80. The second kappa shape index (κ2) is 7.08. The number of rotatable bonds is 4. The maximum absolute atomic E-state index is 12.7. The van der Waals surface area contributed by atoms with Gasteiger partial charge in [-0.1, -0.05) is 12.1 Å². The number of hydrogen-bond donors (Lipinski definition) is 2. The van der Waals surface area contributed by atoms with Gasteiger partial charge in [-0.05, 0) is 31.2 Å². The summed E-state index contributed by atoms with van der Waals surface area (Å²) < 4.78 is 43.2. The van der Waals surface area contributed by atoms with Crippen LogP contribution in [0.3, 0.4) is 0 Å². The zero-order valence-corrected chi connectivity index (χ0v) is 14.9. The summed E-state index contributed by atoms with van der Waals surface area (Å²) >= 11 is 0. The van der Waals surface area contributed by atoms with Gasteiger partial charge in [0.25, 0.3) is 0 Å². The maximum Gasteiger partial charge on any atom is 0.416 e. The maximum atomic E-state index is 12.7. The number of fused-ring (bicyclic) bond motifs is 1. The van der Waals surface area contributed by atoms with Gasteiger partial charge in [-0.2, -0.15) is 13.2 Å². The Morgan fingerprint density at radius 1 is 1.07 bits per heavy atom. The highest BCUT2D eigenvalue weighted by Gasteiger charge is 2.30. The van der Waals surface area contributed by atoms with Crippen molar-refractivity contribution in [3.8, 4) is 5.75 Å². The summed E-state index contributed by atoms with van der Waals surface area (Å²) in [6.45, 7) is 2.65. The Balaban J connectivity index is 1.83. The third-order valence-electron chi connectivity index (χ3n) is 4.50. The normalized spacial score (nSPS) is 13.1. The van der Waals surface area contributed by atoms with E-state index in [1.807, 2.05) is 7.05 Å². The average molecular weight is 378 g/mol. The number of benzene rings is 2. The summed E-state index contributed by atoms with van der Waals surface area (Å²) in [6, 6.07) is 9.73. The summed E-state index contributed by atoms with van der Waals surface area (Å²) in [5.41, 5.74) is 1.18. The lowest BCUT2D eigenvalue weighted by Crippen LogP contribution is -3.06. The minimum Gasteiger partial charge on any atom is -0.508 e. The largest absolute Gasteiger partial charge is 0.508 e. The van der Waals surface area contributed by atoms with Crippen molar-refractivity contribution in [2.75, 3.05) is 7.05 Å². The number of phenols is 1. The molecule has 0 aliphatic heterocycles. The number of aromatic hydroxyl groups is 1. The van der Waals surface area contributed by atoms with E-state index in [4.69, 9.17) is 4.42 Å². The average Bonchev–Trinajstić information content (AvgIpc) is 2.58. The van der Waals surface area contributed by atoms with Gasteiger partial charge in [-0.15, -0.1) is 0 Å². The van der Waals surface area contributed by atoms with Crippen molar-refractivity contribution in [2.24, 2.45) is 0 Å². The molecular formula is C20H19F3NO3+. The SMILES string of the molecule is Cc1c(O)ccc2c(C[NH+](C)Cc3ccc(C(F)(F)F)cc3)cc(=O)oc12. The van der Waals surface area contributed by atoms with E-state index in [2.05, 4.69) is 0 Å². The van der Waals surface area contributed by atoms with Crippen molar-refractivity contribution in [2.45, 2.75) is 26.2 Å². The fourth-order valence-electron chi connectivity index (χ4n) is 3.11. The molecule has 0 radical (unpaired) electrons. The highest BCUT2D eigenvalue weighted by Crippen LogP contribution is 2.29. The van der Waals surface area contributed by atoms with Crippen LogP contribution >= 0.6 is 0 Å². The lowest BCUT2D eigenvalue weighted by Gasteiger charge is -2.16. The minimum absolute atomic E-state index is 0.0493. The molecule has 0 bridgehead atoms. The number of phenolic OH excluding ortho intramolecular Hbond substituents is 1. The molecule has 2 N–H and O–H groups in total. The van der Waals surface area contributed by atoms with E-state index < -0.39 is 17.4 Å². The van der Waals surface area contributed by atoms with E-state index in [0.29, 0.717) is 24.2 Å². The molecule has 4 nitrogen and oxygen atoms in total. The van der Waals surface area contributed by atoms with Gasteiger partial charge in [0.15, 0.2) is 0 Å². The predicted molar refractivity (Wildman–Crippen MR) is 94.6 cm³/mol. The molecule has 1 atom stereocenters. The molecule has 142 valence electrons. The smallest absolute Gasteiger partial charge is 0.416 e. The van der Waals surface area contributed by atoms with E-state index in [0.717, 1.165) is 33.5 Å². The predicted octanol–water partition coefficient (Wildman–Crippen LogP) is 3.04. The standard InChI is InChI=1S/C20H18F3NO3/c1-12-17(25)8-7-16-14(9-18(26)27-19(12)16)11-24(2)10-13-3-5-15(6-4-13)20(21,22)23/h3-9,25H,10-11H2,1-2H3/p+1. The van der Waals surface area contributed by atoms with E-state index in [1.165, 1.54) is 18.2 Å². The number of quaternary nitrogens is 1. The van der Waals surface area contributed by atoms with Crippen LogP contribution in [0, 0.1) is 6.92 Å². The molecule has 3 rings (SSSR count). The molecule has 0 aliphatic carbocycles. The monoisotopic (exact) mass is 378 g/mol. The number of nitrogens with one attached hydrogen (secondary N) is 1. The van der Waals surface area contributed by atoms with E-state index in [1.54, 1.807) is 19.1 Å². The highest BCUT2D eigenvalue weighted by atomic mass is 19.4. The molecule has 0 aliphatic rings. The lowest BCUT2D eigenvalue weighted by atomic mass is 10.1. The van der Waals surface area contributed by atoms with Crippen LogP contribution in [-0.4, -0.2) is 12.2 Å². The lowest BCUT2D eigenvalue weighted by molar-refractivity contribution is -0.907. The van der Waals surface area contributed by atoms with E-state index >= 15 is 0 Å². The first kappa shape index (κ1) is 19.0. The summed E-state index contributed by atoms with van der Waals surface area (Å²) in [7, 11) is 1.89. The van der Waals surface area contributed by atoms with Crippen LogP contribution < -0.4 is 10.5 Å². The van der Waals surface area contributed by atoms with Crippen LogP contribution in [0.4, 0.5) is 13.2 Å². The molecule has 0 saturated heterocycles. The molecule has 7 heteroatoms. The van der Waals surface area contributed by atoms with Crippen LogP contribution in [-0.2, 0) is 19.3 Å². The molecule has 1 unspecified atom stereocenters. The first-order chi connectivity index (χ1) is 12.6. The number of hydrogen-bond acceptors (Lipinski definition) is 3. The van der Waals surface area contributed by atoms with E-state index in [-0.39, 0.29) is 5.75 Å². The Morgan fingerprint density at radius 3 is 2.37 bits per heavy atom. The van der Waals surface area contributed by atoms with Crippen LogP contribution in [0.1, 0.15) is 22.3 Å². The molecule has 2 aromatic carbocycles. The Labute approximate surface area is 153 Å². The Morgan fingerprint density at radius 2 is 1.74 bits per heavy atom. The van der Waals surface area contributed by atoms with Crippen LogP contribution in [0.15, 0.2) is 51.7 Å². The van der Waals surface area contributed by atoms with Gasteiger partial charge >= 0.3 is 11.8 Å². The Kier molecular flexibility index (Phi) is 4.97. The second-order valence-electron chi connectivity index (χ2n) is 6.68. The molecule has 0 saturated carbocycles. The van der Waals surface area contributed by atoms with Gasteiger partial charge in [-0.3, -0.25) is 0 Å². The molecule has 3 aromatic rings. The molecule has 1 aromatic heterocycles. The van der Waals surface area contributed by atoms with Crippen molar-refractivity contribution in [3.63, 3.8) is 0 Å². The molecule has 0 fully saturated rings. The third kappa shape index (κ3) is 4.14. The highest BCUT2D eigenvalue weighted by molar-refractivity contribution is 5.84. The van der Waals surface area contributed by atoms with Gasteiger partial charge in [-0.25, -0.2) is 4.79 Å². The summed E-state index contributed by atoms with van der Waals surface area (Å²) in [4.78, 5) is 12.9. The number of alkyl halides is 3. The van der Waals surface area contributed by atoms with Crippen molar-refractivity contribution in [1.29, 1.82) is 0 Å². The molecule has 0 spiro atoms. The van der Waals surface area contributed by atoms with Gasteiger partial charge in [0.1, 0.15) is 24.4 Å². The van der Waals surface area contributed by atoms with Crippen molar-refractivity contribution < 1.29 is 27.6 Å². The zero-order chi connectivity index (χ0) is 19.8.